The molecule has 0 radical (unpaired) electrons. The molecular weight excluding hydrogens is 210 g/mol. The summed E-state index contributed by atoms with van der Waals surface area (Å²) in [7, 11) is 0. The van der Waals surface area contributed by atoms with E-state index < -0.39 is 5.91 Å². The normalized spacial score (nSPS) is 10.4. The van der Waals surface area contributed by atoms with Crippen LogP contribution in [0.3, 0.4) is 0 Å². The Balaban J connectivity index is 2.18. The van der Waals surface area contributed by atoms with E-state index in [0.717, 1.165) is 0 Å². The number of carbonyl (C=O) groups is 1. The highest BCUT2D eigenvalue weighted by atomic mass is 16.5. The minimum atomic E-state index is -0.432. The molecule has 4 N–H and O–H groups in total. The zero-order valence-electron chi connectivity index (χ0n) is 8.87. The third-order valence-corrected chi connectivity index (χ3v) is 2.07. The van der Waals surface area contributed by atoms with E-state index >= 15 is 0 Å². The first-order valence-electron chi connectivity index (χ1n) is 4.63. The van der Waals surface area contributed by atoms with Crippen LogP contribution in [0.4, 0.5) is 11.6 Å². The quantitative estimate of drug-likeness (QED) is 0.696. The maximum Gasteiger partial charge on any atom is 0.280 e. The van der Waals surface area contributed by atoms with Gasteiger partial charge < -0.3 is 10.3 Å². The van der Waals surface area contributed by atoms with Gasteiger partial charge in [0.05, 0.1) is 17.1 Å². The van der Waals surface area contributed by atoms with Gasteiger partial charge in [0.2, 0.25) is 5.88 Å². The van der Waals surface area contributed by atoms with Gasteiger partial charge in [0.1, 0.15) is 0 Å². The lowest BCUT2D eigenvalue weighted by atomic mass is 10.3. The summed E-state index contributed by atoms with van der Waals surface area (Å²) in [5, 5.41) is 12.6. The van der Waals surface area contributed by atoms with Gasteiger partial charge in [-0.15, -0.1) is 0 Å². The molecule has 2 aromatic heterocycles. The number of rotatable bonds is 2. The first-order chi connectivity index (χ1) is 7.58. The number of H-pyrrole nitrogens is 1. The van der Waals surface area contributed by atoms with Crippen LogP contribution in [0.5, 0.6) is 0 Å². The Hall–Kier alpha value is -2.31. The number of nitrogens with two attached hydrogens (primary N) is 1. The number of aromatic nitrogens is 3. The Labute approximate surface area is 91.0 Å². The first-order valence-corrected chi connectivity index (χ1v) is 4.63. The zero-order chi connectivity index (χ0) is 11.7. The number of amides is 1. The molecule has 0 aliphatic rings. The Morgan fingerprint density at radius 1 is 1.56 bits per heavy atom. The Morgan fingerprint density at radius 3 is 2.81 bits per heavy atom. The molecule has 0 aliphatic heterocycles. The predicted octanol–water partition coefficient (Wildman–Crippen LogP) is 0.849. The van der Waals surface area contributed by atoms with Gasteiger partial charge in [-0.2, -0.15) is 5.10 Å². The van der Waals surface area contributed by atoms with E-state index in [2.05, 4.69) is 20.7 Å². The molecule has 2 rings (SSSR count). The highest BCUT2D eigenvalue weighted by Gasteiger charge is 2.16. The SMILES string of the molecule is Cc1cc(NC(=O)c2n[nH]c(C)c2N)on1. The number of aromatic amines is 1. The number of hydrogen-bond donors (Lipinski definition) is 3. The average Bonchev–Trinajstić information content (AvgIpc) is 2.76. The van der Waals surface area contributed by atoms with E-state index in [1.54, 1.807) is 19.9 Å². The van der Waals surface area contributed by atoms with Crippen molar-refractivity contribution in [2.75, 3.05) is 11.1 Å². The van der Waals surface area contributed by atoms with Crippen LogP contribution in [0.25, 0.3) is 0 Å². The first kappa shape index (κ1) is 10.2. The molecule has 0 fully saturated rings. The minimum absolute atomic E-state index is 0.145. The number of nitrogens with zero attached hydrogens (tertiary/aromatic N) is 2. The van der Waals surface area contributed by atoms with Crippen molar-refractivity contribution in [1.82, 2.24) is 15.4 Å². The van der Waals surface area contributed by atoms with Gasteiger partial charge >= 0.3 is 0 Å². The van der Waals surface area contributed by atoms with Crippen molar-refractivity contribution in [3.05, 3.63) is 23.1 Å². The highest BCUT2D eigenvalue weighted by molar-refractivity contribution is 6.05. The van der Waals surface area contributed by atoms with Crippen LogP contribution in [0.2, 0.25) is 0 Å². The summed E-state index contributed by atoms with van der Waals surface area (Å²) in [5.41, 5.74) is 7.47. The summed E-state index contributed by atoms with van der Waals surface area (Å²) in [6, 6.07) is 1.60. The summed E-state index contributed by atoms with van der Waals surface area (Å²) in [6.07, 6.45) is 0. The number of aryl methyl sites for hydroxylation is 2. The molecule has 0 unspecified atom stereocenters. The molecular formula is C9H11N5O2. The van der Waals surface area contributed by atoms with E-state index in [4.69, 9.17) is 10.3 Å². The van der Waals surface area contributed by atoms with Crippen LogP contribution >= 0.6 is 0 Å². The van der Waals surface area contributed by atoms with Crippen LogP contribution in [0.1, 0.15) is 21.9 Å². The second-order valence-corrected chi connectivity index (χ2v) is 3.40. The number of hydrogen-bond acceptors (Lipinski definition) is 5. The van der Waals surface area contributed by atoms with Crippen LogP contribution in [-0.2, 0) is 0 Å². The number of anilines is 2. The van der Waals surface area contributed by atoms with Crippen molar-refractivity contribution >= 4 is 17.5 Å². The topological polar surface area (TPSA) is 110 Å². The second-order valence-electron chi connectivity index (χ2n) is 3.40. The molecule has 0 bridgehead atoms. The lowest BCUT2D eigenvalue weighted by molar-refractivity contribution is 0.102. The zero-order valence-corrected chi connectivity index (χ0v) is 8.87. The summed E-state index contributed by atoms with van der Waals surface area (Å²) >= 11 is 0. The fourth-order valence-electron chi connectivity index (χ4n) is 1.20. The van der Waals surface area contributed by atoms with Gasteiger partial charge in [0, 0.05) is 6.07 Å². The van der Waals surface area contributed by atoms with Crippen LogP contribution < -0.4 is 11.1 Å². The van der Waals surface area contributed by atoms with Gasteiger partial charge in [0.15, 0.2) is 5.69 Å². The molecule has 84 valence electrons. The predicted molar refractivity (Wildman–Crippen MR) is 56.9 cm³/mol. The summed E-state index contributed by atoms with van der Waals surface area (Å²) in [5.74, 6) is -0.166. The maximum absolute atomic E-state index is 11.7. The van der Waals surface area contributed by atoms with Gasteiger partial charge in [-0.3, -0.25) is 15.2 Å². The molecule has 7 nitrogen and oxygen atoms in total. The van der Waals surface area contributed by atoms with Crippen LogP contribution in [0.15, 0.2) is 10.6 Å². The van der Waals surface area contributed by atoms with Crippen molar-refractivity contribution in [2.24, 2.45) is 0 Å². The minimum Gasteiger partial charge on any atom is -0.395 e. The molecule has 0 aromatic carbocycles. The molecule has 0 atom stereocenters. The van der Waals surface area contributed by atoms with E-state index in [1.165, 1.54) is 0 Å². The third kappa shape index (κ3) is 1.74. The molecule has 2 heterocycles. The van der Waals surface area contributed by atoms with Crippen LogP contribution in [0, 0.1) is 13.8 Å². The van der Waals surface area contributed by atoms with Crippen molar-refractivity contribution in [3.63, 3.8) is 0 Å². The molecule has 0 saturated carbocycles. The summed E-state index contributed by atoms with van der Waals surface area (Å²) < 4.78 is 4.84. The molecule has 1 amide bonds. The lowest BCUT2D eigenvalue weighted by Crippen LogP contribution is -2.13. The standard InChI is InChI=1S/C9H11N5O2/c1-4-3-6(16-14-4)11-9(15)8-7(10)5(2)12-13-8/h3H,10H2,1-2H3,(H,11,15)(H,12,13). The number of nitrogen functional groups attached to an aromatic ring is 1. The van der Waals surface area contributed by atoms with Gasteiger partial charge in [-0.05, 0) is 13.8 Å². The molecule has 7 heteroatoms. The maximum atomic E-state index is 11.7. The van der Waals surface area contributed by atoms with E-state index in [0.29, 0.717) is 17.1 Å². The van der Waals surface area contributed by atoms with Crippen molar-refractivity contribution in [3.8, 4) is 0 Å². The number of nitrogens with one attached hydrogen (secondary N) is 2. The number of carbonyl (C=O) groups excluding carboxylic acids is 1. The van der Waals surface area contributed by atoms with E-state index in [-0.39, 0.29) is 11.6 Å². The van der Waals surface area contributed by atoms with Crippen molar-refractivity contribution in [1.29, 1.82) is 0 Å². The summed E-state index contributed by atoms with van der Waals surface area (Å²) in [6.45, 7) is 3.49. The van der Waals surface area contributed by atoms with Crippen molar-refractivity contribution < 1.29 is 9.32 Å². The molecule has 0 saturated heterocycles. The third-order valence-electron chi connectivity index (χ3n) is 2.07. The van der Waals surface area contributed by atoms with Crippen LogP contribution in [-0.4, -0.2) is 21.3 Å². The summed E-state index contributed by atoms with van der Waals surface area (Å²) in [4.78, 5) is 11.7. The van der Waals surface area contributed by atoms with Gasteiger partial charge in [0.25, 0.3) is 5.91 Å². The smallest absolute Gasteiger partial charge is 0.280 e. The Morgan fingerprint density at radius 2 is 2.31 bits per heavy atom. The average molecular weight is 221 g/mol. The van der Waals surface area contributed by atoms with Gasteiger partial charge in [-0.1, -0.05) is 5.16 Å². The van der Waals surface area contributed by atoms with Gasteiger partial charge in [-0.25, -0.2) is 0 Å². The fraction of sp³-hybridized carbons (Fsp3) is 0.222. The largest absolute Gasteiger partial charge is 0.395 e. The monoisotopic (exact) mass is 221 g/mol. The van der Waals surface area contributed by atoms with E-state index in [1.807, 2.05) is 0 Å². The Kier molecular flexibility index (Phi) is 2.35. The molecule has 16 heavy (non-hydrogen) atoms. The molecule has 2 aromatic rings. The fourth-order valence-corrected chi connectivity index (χ4v) is 1.20. The molecule has 0 spiro atoms. The highest BCUT2D eigenvalue weighted by Crippen LogP contribution is 2.15. The lowest BCUT2D eigenvalue weighted by Gasteiger charge is -1.98. The second kappa shape index (κ2) is 3.69. The molecule has 0 aliphatic carbocycles. The van der Waals surface area contributed by atoms with Crippen molar-refractivity contribution in [2.45, 2.75) is 13.8 Å². The Bertz CT molecular complexity index is 528. The van der Waals surface area contributed by atoms with E-state index in [9.17, 15) is 4.79 Å².